The van der Waals surface area contributed by atoms with Crippen LogP contribution in [0.25, 0.3) is 10.6 Å². The Morgan fingerprint density at radius 1 is 1.19 bits per heavy atom. The number of rotatable bonds is 6. The molecule has 0 amide bonds. The molecule has 0 bridgehead atoms. The number of hydrogen-bond donors (Lipinski definition) is 0. The number of hydrogen-bond acceptors (Lipinski definition) is 7. The van der Waals surface area contributed by atoms with Crippen molar-refractivity contribution in [2.75, 3.05) is 40.0 Å². The molecule has 6 nitrogen and oxygen atoms in total. The molecular formula is C20H26N2O4S. The summed E-state index contributed by atoms with van der Waals surface area (Å²) in [6.07, 6.45) is 1.86. The van der Waals surface area contributed by atoms with E-state index in [2.05, 4.69) is 10.3 Å². The summed E-state index contributed by atoms with van der Waals surface area (Å²) in [7, 11) is 1.66. The smallest absolute Gasteiger partial charge is 0.170 e. The summed E-state index contributed by atoms with van der Waals surface area (Å²) >= 11 is 1.66. The third-order valence-corrected chi connectivity index (χ3v) is 6.02. The normalized spacial score (nSPS) is 19.5. The lowest BCUT2D eigenvalue weighted by atomic mass is 10.0. The van der Waals surface area contributed by atoms with Gasteiger partial charge in [-0.05, 0) is 25.1 Å². The molecule has 4 rings (SSSR count). The van der Waals surface area contributed by atoms with Crippen LogP contribution in [0.3, 0.4) is 0 Å². The monoisotopic (exact) mass is 390 g/mol. The zero-order valence-electron chi connectivity index (χ0n) is 15.9. The molecule has 0 radical (unpaired) electrons. The van der Waals surface area contributed by atoms with E-state index in [4.69, 9.17) is 23.9 Å². The van der Waals surface area contributed by atoms with Crippen molar-refractivity contribution in [1.82, 2.24) is 9.88 Å². The Balaban J connectivity index is 1.40. The molecule has 3 heterocycles. The molecule has 1 aromatic heterocycles. The zero-order valence-corrected chi connectivity index (χ0v) is 16.7. The lowest BCUT2D eigenvalue weighted by Crippen LogP contribution is -2.44. The highest BCUT2D eigenvalue weighted by Crippen LogP contribution is 2.35. The van der Waals surface area contributed by atoms with Crippen LogP contribution < -0.4 is 9.47 Å². The van der Waals surface area contributed by atoms with Crippen molar-refractivity contribution in [1.29, 1.82) is 0 Å². The Kier molecular flexibility index (Phi) is 5.63. The van der Waals surface area contributed by atoms with Crippen LogP contribution in [0.2, 0.25) is 0 Å². The van der Waals surface area contributed by atoms with Crippen molar-refractivity contribution in [2.45, 2.75) is 32.1 Å². The van der Waals surface area contributed by atoms with Crippen LogP contribution in [0.15, 0.2) is 23.6 Å². The Bertz CT molecular complexity index is 763. The van der Waals surface area contributed by atoms with E-state index in [1.54, 1.807) is 18.4 Å². The van der Waals surface area contributed by atoms with Crippen LogP contribution in [-0.4, -0.2) is 55.7 Å². The molecule has 0 unspecified atom stereocenters. The van der Waals surface area contributed by atoms with Gasteiger partial charge in [0, 0.05) is 43.4 Å². The topological polar surface area (TPSA) is 53.1 Å². The van der Waals surface area contributed by atoms with Crippen molar-refractivity contribution in [3.05, 3.63) is 29.3 Å². The Labute approximate surface area is 164 Å². The van der Waals surface area contributed by atoms with Gasteiger partial charge in [-0.1, -0.05) is 0 Å². The van der Waals surface area contributed by atoms with E-state index < -0.39 is 0 Å². The average Bonchev–Trinajstić information content (AvgIpc) is 3.34. The maximum absolute atomic E-state index is 5.81. The first-order valence-electron chi connectivity index (χ1n) is 9.47. The molecule has 2 fully saturated rings. The maximum Gasteiger partial charge on any atom is 0.170 e. The van der Waals surface area contributed by atoms with Crippen LogP contribution in [0.5, 0.6) is 11.5 Å². The summed E-state index contributed by atoms with van der Waals surface area (Å²) < 4.78 is 22.7. The van der Waals surface area contributed by atoms with Gasteiger partial charge in [-0.2, -0.15) is 0 Å². The number of aromatic nitrogens is 1. The van der Waals surface area contributed by atoms with E-state index >= 15 is 0 Å². The lowest BCUT2D eigenvalue weighted by molar-refractivity contribution is -0.185. The van der Waals surface area contributed by atoms with Crippen LogP contribution in [0, 0.1) is 0 Å². The number of nitrogens with zero attached hydrogens (tertiary/aromatic N) is 2. The highest BCUT2D eigenvalue weighted by molar-refractivity contribution is 7.13. The van der Waals surface area contributed by atoms with E-state index in [1.807, 2.05) is 25.1 Å². The van der Waals surface area contributed by atoms with E-state index in [0.29, 0.717) is 6.61 Å². The summed E-state index contributed by atoms with van der Waals surface area (Å²) in [6, 6.07) is 5.98. The van der Waals surface area contributed by atoms with Crippen LogP contribution in [-0.2, 0) is 16.0 Å². The first kappa shape index (κ1) is 18.7. The van der Waals surface area contributed by atoms with Crippen molar-refractivity contribution in [2.24, 2.45) is 0 Å². The van der Waals surface area contributed by atoms with Crippen molar-refractivity contribution >= 4 is 11.3 Å². The molecule has 2 aliphatic heterocycles. The summed E-state index contributed by atoms with van der Waals surface area (Å²) in [4.78, 5) is 7.26. The van der Waals surface area contributed by atoms with Gasteiger partial charge in [-0.15, -0.1) is 11.3 Å². The van der Waals surface area contributed by atoms with Gasteiger partial charge in [0.25, 0.3) is 0 Å². The number of methoxy groups -OCH3 is 1. The van der Waals surface area contributed by atoms with E-state index in [1.165, 1.54) is 0 Å². The lowest BCUT2D eigenvalue weighted by Gasteiger charge is -2.37. The first-order valence-corrected chi connectivity index (χ1v) is 10.4. The number of piperidine rings is 1. The highest BCUT2D eigenvalue weighted by Gasteiger charge is 2.39. The van der Waals surface area contributed by atoms with Gasteiger partial charge in [0.05, 0.1) is 32.6 Å². The van der Waals surface area contributed by atoms with Gasteiger partial charge in [0.1, 0.15) is 5.01 Å². The molecule has 2 saturated heterocycles. The molecule has 1 spiro atoms. The fourth-order valence-electron chi connectivity index (χ4n) is 3.65. The van der Waals surface area contributed by atoms with E-state index in [-0.39, 0.29) is 5.79 Å². The molecule has 1 aromatic carbocycles. The quantitative estimate of drug-likeness (QED) is 0.752. The standard InChI is InChI=1S/C20H26N2O4S/c1-3-24-17-5-4-15(12-18(17)23-2)19-21-16(14-27-19)13-22-8-6-20(7-9-22)25-10-11-26-20/h4-5,12,14H,3,6-11,13H2,1-2H3. The minimum absolute atomic E-state index is 0.317. The molecule has 7 heteroatoms. The van der Waals surface area contributed by atoms with Gasteiger partial charge >= 0.3 is 0 Å². The third kappa shape index (κ3) is 4.11. The maximum atomic E-state index is 5.81. The molecule has 0 aliphatic carbocycles. The number of ether oxygens (including phenoxy) is 4. The van der Waals surface area contributed by atoms with Gasteiger partial charge in [-0.25, -0.2) is 4.98 Å². The number of likely N-dealkylation sites (tertiary alicyclic amines) is 1. The van der Waals surface area contributed by atoms with Crippen molar-refractivity contribution < 1.29 is 18.9 Å². The highest BCUT2D eigenvalue weighted by atomic mass is 32.1. The predicted molar refractivity (Wildman–Crippen MR) is 104 cm³/mol. The Hall–Kier alpha value is -1.67. The van der Waals surface area contributed by atoms with E-state index in [0.717, 1.165) is 73.5 Å². The molecule has 27 heavy (non-hydrogen) atoms. The van der Waals surface area contributed by atoms with Gasteiger partial charge in [-0.3, -0.25) is 4.90 Å². The zero-order chi connectivity index (χ0) is 18.7. The Morgan fingerprint density at radius 3 is 2.67 bits per heavy atom. The van der Waals surface area contributed by atoms with Gasteiger partial charge < -0.3 is 18.9 Å². The van der Waals surface area contributed by atoms with Crippen molar-refractivity contribution in [3.8, 4) is 22.1 Å². The minimum atomic E-state index is -0.317. The molecule has 146 valence electrons. The van der Waals surface area contributed by atoms with Gasteiger partial charge in [0.2, 0.25) is 0 Å². The minimum Gasteiger partial charge on any atom is -0.493 e. The fourth-order valence-corrected chi connectivity index (χ4v) is 4.46. The second kappa shape index (κ2) is 8.14. The molecular weight excluding hydrogens is 364 g/mol. The fraction of sp³-hybridized carbons (Fsp3) is 0.550. The van der Waals surface area contributed by atoms with Crippen LogP contribution in [0.4, 0.5) is 0 Å². The third-order valence-electron chi connectivity index (χ3n) is 5.08. The molecule has 0 saturated carbocycles. The SMILES string of the molecule is CCOc1ccc(-c2nc(CN3CCC4(CC3)OCCO4)cs2)cc1OC. The second-order valence-corrected chi connectivity index (χ2v) is 7.68. The van der Waals surface area contributed by atoms with Gasteiger partial charge in [0.15, 0.2) is 17.3 Å². The summed E-state index contributed by atoms with van der Waals surface area (Å²) in [5, 5.41) is 3.15. The first-order chi connectivity index (χ1) is 13.2. The molecule has 0 N–H and O–H groups in total. The summed E-state index contributed by atoms with van der Waals surface area (Å²) in [6.45, 7) is 6.84. The van der Waals surface area contributed by atoms with Crippen LogP contribution in [0.1, 0.15) is 25.5 Å². The summed E-state index contributed by atoms with van der Waals surface area (Å²) in [5.41, 5.74) is 2.16. The molecule has 0 atom stereocenters. The molecule has 2 aliphatic rings. The molecule has 2 aromatic rings. The van der Waals surface area contributed by atoms with Crippen molar-refractivity contribution in [3.63, 3.8) is 0 Å². The second-order valence-electron chi connectivity index (χ2n) is 6.83. The predicted octanol–water partition coefficient (Wildman–Crippen LogP) is 3.56. The van der Waals surface area contributed by atoms with E-state index in [9.17, 15) is 0 Å². The van der Waals surface area contributed by atoms with Crippen LogP contribution >= 0.6 is 11.3 Å². The summed E-state index contributed by atoms with van der Waals surface area (Å²) in [5.74, 6) is 1.19. The Morgan fingerprint density at radius 2 is 1.96 bits per heavy atom. The average molecular weight is 391 g/mol. The number of thiazole rings is 1. The largest absolute Gasteiger partial charge is 0.493 e. The number of benzene rings is 1.